The van der Waals surface area contributed by atoms with Crippen LogP contribution in [0.25, 0.3) is 11.1 Å². The summed E-state index contributed by atoms with van der Waals surface area (Å²) >= 11 is 0. The smallest absolute Gasteiger partial charge is 0.254 e. The number of hydrogen-bond acceptors (Lipinski definition) is 3. The quantitative estimate of drug-likeness (QED) is 0.712. The number of aryl methyl sites for hydroxylation is 1. The van der Waals surface area contributed by atoms with Crippen molar-refractivity contribution in [1.82, 2.24) is 9.88 Å². The number of hydrogen-bond donors (Lipinski definition) is 0. The lowest BCUT2D eigenvalue weighted by Crippen LogP contribution is -2.39. The number of likely N-dealkylation sites (tertiary alicyclic amines) is 1. The molecule has 1 unspecified atom stereocenters. The maximum Gasteiger partial charge on any atom is 0.254 e. The summed E-state index contributed by atoms with van der Waals surface area (Å²) < 4.78 is 5.92. The van der Waals surface area contributed by atoms with E-state index in [1.807, 2.05) is 60.4 Å². The number of benzene rings is 2. The van der Waals surface area contributed by atoms with E-state index in [9.17, 15) is 4.79 Å². The Morgan fingerprint density at radius 1 is 1.17 bits per heavy atom. The second-order valence-electron chi connectivity index (χ2n) is 6.43. The fourth-order valence-corrected chi connectivity index (χ4v) is 3.41. The highest BCUT2D eigenvalue weighted by molar-refractivity contribution is 5.95. The van der Waals surface area contributed by atoms with E-state index in [2.05, 4.69) is 4.98 Å². The minimum atomic E-state index is 0.105. The first-order valence-electron chi connectivity index (χ1n) is 8.43. The van der Waals surface area contributed by atoms with Gasteiger partial charge in [-0.3, -0.25) is 4.79 Å². The number of piperidine rings is 1. The van der Waals surface area contributed by atoms with Gasteiger partial charge in [-0.25, -0.2) is 4.98 Å². The van der Waals surface area contributed by atoms with Crippen molar-refractivity contribution in [1.29, 1.82) is 0 Å². The molecule has 24 heavy (non-hydrogen) atoms. The minimum Gasteiger partial charge on any atom is -0.440 e. The van der Waals surface area contributed by atoms with Crippen molar-refractivity contribution in [2.24, 2.45) is 0 Å². The Morgan fingerprint density at radius 3 is 2.79 bits per heavy atom. The van der Waals surface area contributed by atoms with Crippen LogP contribution in [0.5, 0.6) is 0 Å². The molecule has 1 aliphatic rings. The first-order chi connectivity index (χ1) is 11.7. The topological polar surface area (TPSA) is 46.3 Å². The van der Waals surface area contributed by atoms with Gasteiger partial charge in [-0.1, -0.05) is 30.3 Å². The van der Waals surface area contributed by atoms with Crippen LogP contribution in [0.2, 0.25) is 0 Å². The maximum atomic E-state index is 12.8. The molecule has 4 rings (SSSR count). The molecule has 0 bridgehead atoms. The van der Waals surface area contributed by atoms with Gasteiger partial charge in [0.05, 0.1) is 5.92 Å². The summed E-state index contributed by atoms with van der Waals surface area (Å²) in [5.74, 6) is 1.02. The Balaban J connectivity index is 1.57. The van der Waals surface area contributed by atoms with E-state index in [-0.39, 0.29) is 11.8 Å². The number of carbonyl (C=O) groups is 1. The highest BCUT2D eigenvalue weighted by Gasteiger charge is 2.29. The van der Waals surface area contributed by atoms with Crippen molar-refractivity contribution in [3.05, 3.63) is 65.5 Å². The van der Waals surface area contributed by atoms with E-state index < -0.39 is 0 Å². The average molecular weight is 320 g/mol. The lowest BCUT2D eigenvalue weighted by Gasteiger charge is -2.31. The van der Waals surface area contributed by atoms with Crippen molar-refractivity contribution in [2.45, 2.75) is 25.7 Å². The molecule has 2 heterocycles. The van der Waals surface area contributed by atoms with Gasteiger partial charge in [-0.05, 0) is 43.5 Å². The third-order valence-corrected chi connectivity index (χ3v) is 4.74. The molecule has 0 aliphatic carbocycles. The summed E-state index contributed by atoms with van der Waals surface area (Å²) in [6.07, 6.45) is 1.98. The molecule has 0 radical (unpaired) electrons. The van der Waals surface area contributed by atoms with Gasteiger partial charge >= 0.3 is 0 Å². The Bertz CT molecular complexity index is 851. The first kappa shape index (κ1) is 14.9. The van der Waals surface area contributed by atoms with Crippen LogP contribution in [0, 0.1) is 6.92 Å². The largest absolute Gasteiger partial charge is 0.440 e. The number of fused-ring (bicyclic) bond motifs is 1. The van der Waals surface area contributed by atoms with Gasteiger partial charge in [0, 0.05) is 18.7 Å². The Morgan fingerprint density at radius 2 is 1.96 bits per heavy atom. The lowest BCUT2D eigenvalue weighted by molar-refractivity contribution is 0.0698. The van der Waals surface area contributed by atoms with E-state index in [0.717, 1.165) is 47.5 Å². The Hall–Kier alpha value is -2.62. The number of para-hydroxylation sites is 2. The van der Waals surface area contributed by atoms with Crippen molar-refractivity contribution in [2.75, 3.05) is 13.1 Å². The summed E-state index contributed by atoms with van der Waals surface area (Å²) in [4.78, 5) is 19.4. The van der Waals surface area contributed by atoms with E-state index in [1.165, 1.54) is 0 Å². The highest BCUT2D eigenvalue weighted by atomic mass is 16.3. The molecule has 4 nitrogen and oxygen atoms in total. The van der Waals surface area contributed by atoms with Crippen LogP contribution in [-0.2, 0) is 0 Å². The number of rotatable bonds is 2. The van der Waals surface area contributed by atoms with Crippen molar-refractivity contribution in [3.63, 3.8) is 0 Å². The second kappa shape index (κ2) is 6.11. The highest BCUT2D eigenvalue weighted by Crippen LogP contribution is 2.29. The standard InChI is InChI=1S/C20H20N2O2/c1-14-7-2-3-9-16(14)20(23)22-12-6-8-15(13-22)19-21-17-10-4-5-11-18(17)24-19/h2-5,7,9-11,15H,6,8,12-13H2,1H3. The summed E-state index contributed by atoms with van der Waals surface area (Å²) in [6, 6.07) is 15.6. The van der Waals surface area contributed by atoms with Crippen LogP contribution >= 0.6 is 0 Å². The van der Waals surface area contributed by atoms with Crippen LogP contribution in [0.1, 0.15) is 40.6 Å². The SMILES string of the molecule is Cc1ccccc1C(=O)N1CCCC(c2nc3ccccc3o2)C1. The predicted octanol–water partition coefficient (Wildman–Crippen LogP) is 4.16. The zero-order chi connectivity index (χ0) is 16.5. The number of nitrogens with zero attached hydrogens (tertiary/aromatic N) is 2. The summed E-state index contributed by atoms with van der Waals surface area (Å²) in [5, 5.41) is 0. The van der Waals surface area contributed by atoms with Crippen LogP contribution in [-0.4, -0.2) is 28.9 Å². The van der Waals surface area contributed by atoms with Crippen LogP contribution < -0.4 is 0 Å². The number of carbonyl (C=O) groups excluding carboxylic acids is 1. The van der Waals surface area contributed by atoms with Gasteiger partial charge in [-0.2, -0.15) is 0 Å². The van der Waals surface area contributed by atoms with Gasteiger partial charge in [0.1, 0.15) is 5.52 Å². The molecule has 1 amide bonds. The summed E-state index contributed by atoms with van der Waals surface area (Å²) in [5.41, 5.74) is 3.51. The van der Waals surface area contributed by atoms with E-state index in [0.29, 0.717) is 6.54 Å². The van der Waals surface area contributed by atoms with E-state index in [1.54, 1.807) is 0 Å². The predicted molar refractivity (Wildman–Crippen MR) is 93.1 cm³/mol. The molecule has 4 heteroatoms. The molecule has 3 aromatic rings. The Labute approximate surface area is 141 Å². The fourth-order valence-electron chi connectivity index (χ4n) is 3.41. The van der Waals surface area contributed by atoms with Crippen molar-refractivity contribution >= 4 is 17.0 Å². The molecule has 2 aromatic carbocycles. The number of oxazole rings is 1. The van der Waals surface area contributed by atoms with Crippen molar-refractivity contribution in [3.8, 4) is 0 Å². The van der Waals surface area contributed by atoms with E-state index in [4.69, 9.17) is 4.42 Å². The molecule has 0 N–H and O–H groups in total. The number of amides is 1. The third kappa shape index (κ3) is 2.68. The normalized spacial score (nSPS) is 18.0. The minimum absolute atomic E-state index is 0.105. The molecular formula is C20H20N2O2. The van der Waals surface area contributed by atoms with Gasteiger partial charge in [0.15, 0.2) is 11.5 Å². The molecule has 1 aliphatic heterocycles. The second-order valence-corrected chi connectivity index (χ2v) is 6.43. The van der Waals surface area contributed by atoms with Gasteiger partial charge < -0.3 is 9.32 Å². The Kier molecular flexibility index (Phi) is 3.81. The lowest BCUT2D eigenvalue weighted by atomic mass is 9.96. The average Bonchev–Trinajstić information content (AvgIpc) is 3.06. The molecular weight excluding hydrogens is 300 g/mol. The van der Waals surface area contributed by atoms with Crippen molar-refractivity contribution < 1.29 is 9.21 Å². The van der Waals surface area contributed by atoms with Crippen LogP contribution in [0.3, 0.4) is 0 Å². The zero-order valence-corrected chi connectivity index (χ0v) is 13.7. The van der Waals surface area contributed by atoms with Gasteiger partial charge in [0.2, 0.25) is 0 Å². The van der Waals surface area contributed by atoms with Crippen LogP contribution in [0.15, 0.2) is 52.9 Å². The molecule has 0 spiro atoms. The van der Waals surface area contributed by atoms with Gasteiger partial charge in [0.25, 0.3) is 5.91 Å². The third-order valence-electron chi connectivity index (χ3n) is 4.74. The molecule has 1 aromatic heterocycles. The first-order valence-corrected chi connectivity index (χ1v) is 8.43. The van der Waals surface area contributed by atoms with Gasteiger partial charge in [-0.15, -0.1) is 0 Å². The molecule has 1 saturated heterocycles. The summed E-state index contributed by atoms with van der Waals surface area (Å²) in [7, 11) is 0. The zero-order valence-electron chi connectivity index (χ0n) is 13.7. The number of aromatic nitrogens is 1. The molecule has 122 valence electrons. The summed E-state index contributed by atoms with van der Waals surface area (Å²) in [6.45, 7) is 3.44. The molecule has 1 atom stereocenters. The fraction of sp³-hybridized carbons (Fsp3) is 0.300. The maximum absolute atomic E-state index is 12.8. The monoisotopic (exact) mass is 320 g/mol. The van der Waals surface area contributed by atoms with E-state index >= 15 is 0 Å². The molecule has 1 fully saturated rings. The van der Waals surface area contributed by atoms with Crippen LogP contribution in [0.4, 0.5) is 0 Å². The molecule has 0 saturated carbocycles.